The highest BCUT2D eigenvalue weighted by Gasteiger charge is 2.06. The smallest absolute Gasteiger partial charge is 0.306 e. The first-order chi connectivity index (χ1) is 8.13. The van der Waals surface area contributed by atoms with Gasteiger partial charge >= 0.3 is 5.97 Å². The molecule has 0 aliphatic carbocycles. The predicted octanol–water partition coefficient (Wildman–Crippen LogP) is 4.62. The summed E-state index contributed by atoms with van der Waals surface area (Å²) in [5.74, 6) is -0.176. The van der Waals surface area contributed by atoms with Gasteiger partial charge in [0.05, 0.1) is 0 Å². The van der Waals surface area contributed by atoms with Gasteiger partial charge in [-0.25, -0.2) is 0 Å². The van der Waals surface area contributed by atoms with Crippen LogP contribution >= 0.6 is 23.2 Å². The van der Waals surface area contributed by atoms with Crippen LogP contribution in [-0.4, -0.2) is 5.97 Å². The monoisotopic (exact) mass is 274 g/mol. The lowest BCUT2D eigenvalue weighted by molar-refractivity contribution is -0.145. The van der Waals surface area contributed by atoms with Crippen molar-refractivity contribution >= 4 is 29.2 Å². The van der Waals surface area contributed by atoms with Gasteiger partial charge in [-0.3, -0.25) is 4.79 Å². The summed E-state index contributed by atoms with van der Waals surface area (Å²) >= 11 is 11.7. The van der Waals surface area contributed by atoms with Crippen LogP contribution in [0, 0.1) is 0 Å². The van der Waals surface area contributed by atoms with Gasteiger partial charge in [0.1, 0.15) is 6.61 Å². The highest BCUT2D eigenvalue weighted by molar-refractivity contribution is 6.35. The highest BCUT2D eigenvalue weighted by Crippen LogP contribution is 2.21. The van der Waals surface area contributed by atoms with Gasteiger partial charge in [0.2, 0.25) is 0 Å². The Hall–Kier alpha value is -0.730. The molecule has 0 bridgehead atoms. The predicted molar refractivity (Wildman–Crippen MR) is 70.4 cm³/mol. The second-order valence-electron chi connectivity index (χ2n) is 3.85. The van der Waals surface area contributed by atoms with Crippen LogP contribution in [0.5, 0.6) is 0 Å². The first kappa shape index (κ1) is 14.3. The van der Waals surface area contributed by atoms with Gasteiger partial charge < -0.3 is 4.74 Å². The first-order valence-corrected chi connectivity index (χ1v) is 6.48. The molecule has 0 spiro atoms. The van der Waals surface area contributed by atoms with Crippen LogP contribution in [0.2, 0.25) is 10.0 Å². The third-order valence-electron chi connectivity index (χ3n) is 2.39. The Balaban J connectivity index is 2.37. The van der Waals surface area contributed by atoms with Crippen molar-refractivity contribution in [1.29, 1.82) is 0 Å². The minimum absolute atomic E-state index is 0.176. The highest BCUT2D eigenvalue weighted by atomic mass is 35.5. The molecular weight excluding hydrogens is 259 g/mol. The molecule has 0 atom stereocenters. The number of halogens is 2. The van der Waals surface area contributed by atoms with Crippen molar-refractivity contribution in [3.8, 4) is 0 Å². The van der Waals surface area contributed by atoms with E-state index in [-0.39, 0.29) is 12.6 Å². The zero-order valence-corrected chi connectivity index (χ0v) is 11.4. The van der Waals surface area contributed by atoms with Crippen LogP contribution in [-0.2, 0) is 16.1 Å². The normalized spacial score (nSPS) is 10.3. The fourth-order valence-corrected chi connectivity index (χ4v) is 1.85. The van der Waals surface area contributed by atoms with Crippen molar-refractivity contribution in [1.82, 2.24) is 0 Å². The lowest BCUT2D eigenvalue weighted by Crippen LogP contribution is -2.04. The van der Waals surface area contributed by atoms with E-state index in [4.69, 9.17) is 27.9 Å². The summed E-state index contributed by atoms with van der Waals surface area (Å²) in [5.41, 5.74) is 0.778. The molecule has 0 fully saturated rings. The van der Waals surface area contributed by atoms with E-state index in [2.05, 4.69) is 6.92 Å². The Bertz CT molecular complexity index is 378. The Morgan fingerprint density at radius 2 is 2.06 bits per heavy atom. The Morgan fingerprint density at radius 1 is 1.29 bits per heavy atom. The largest absolute Gasteiger partial charge is 0.461 e. The van der Waals surface area contributed by atoms with Crippen LogP contribution in [0.1, 0.15) is 38.2 Å². The first-order valence-electron chi connectivity index (χ1n) is 5.73. The van der Waals surface area contributed by atoms with Crippen molar-refractivity contribution in [2.45, 2.75) is 39.2 Å². The van der Waals surface area contributed by atoms with Crippen molar-refractivity contribution in [3.63, 3.8) is 0 Å². The van der Waals surface area contributed by atoms with Crippen LogP contribution < -0.4 is 0 Å². The Kier molecular flexibility index (Phi) is 6.38. The summed E-state index contributed by atoms with van der Waals surface area (Å²) in [6.45, 7) is 2.31. The van der Waals surface area contributed by atoms with Crippen molar-refractivity contribution < 1.29 is 9.53 Å². The lowest BCUT2D eigenvalue weighted by Gasteiger charge is -2.06. The summed E-state index contributed by atoms with van der Waals surface area (Å²) in [7, 11) is 0. The van der Waals surface area contributed by atoms with Gasteiger partial charge in [-0.15, -0.1) is 0 Å². The molecule has 0 unspecified atom stereocenters. The molecule has 1 aromatic rings. The molecule has 0 amide bonds. The average molecular weight is 275 g/mol. The van der Waals surface area contributed by atoms with Crippen molar-refractivity contribution in [3.05, 3.63) is 33.8 Å². The summed E-state index contributed by atoms with van der Waals surface area (Å²) in [6, 6.07) is 5.14. The van der Waals surface area contributed by atoms with Crippen LogP contribution in [0.4, 0.5) is 0 Å². The second kappa shape index (κ2) is 7.57. The minimum Gasteiger partial charge on any atom is -0.461 e. The van der Waals surface area contributed by atoms with Gasteiger partial charge in [0.25, 0.3) is 0 Å². The number of ether oxygens (including phenoxy) is 1. The van der Waals surface area contributed by atoms with E-state index in [1.54, 1.807) is 18.2 Å². The maximum Gasteiger partial charge on any atom is 0.306 e. The number of hydrogen-bond donors (Lipinski definition) is 0. The van der Waals surface area contributed by atoms with Crippen LogP contribution in [0.3, 0.4) is 0 Å². The van der Waals surface area contributed by atoms with E-state index in [0.717, 1.165) is 24.8 Å². The maximum absolute atomic E-state index is 11.4. The minimum atomic E-state index is -0.176. The molecule has 0 saturated heterocycles. The number of rotatable bonds is 6. The zero-order chi connectivity index (χ0) is 12.7. The molecule has 0 radical (unpaired) electrons. The Labute approximate surface area is 112 Å². The quantitative estimate of drug-likeness (QED) is 0.559. The van der Waals surface area contributed by atoms with E-state index in [9.17, 15) is 4.79 Å². The van der Waals surface area contributed by atoms with Crippen LogP contribution in [0.25, 0.3) is 0 Å². The topological polar surface area (TPSA) is 26.3 Å². The van der Waals surface area contributed by atoms with Gasteiger partial charge in [-0.05, 0) is 18.6 Å². The standard InChI is InChI=1S/C13H16Cl2O2/c1-2-3-4-5-13(16)17-9-10-6-7-11(14)8-12(10)15/h6-8H,2-5,9H2,1H3. The fraction of sp³-hybridized carbons (Fsp3) is 0.462. The summed E-state index contributed by atoms with van der Waals surface area (Å²) in [4.78, 5) is 11.4. The zero-order valence-electron chi connectivity index (χ0n) is 9.84. The van der Waals surface area contributed by atoms with Gasteiger partial charge in [-0.2, -0.15) is 0 Å². The van der Waals surface area contributed by atoms with E-state index >= 15 is 0 Å². The molecule has 0 heterocycles. The molecule has 1 rings (SSSR count). The number of hydrogen-bond acceptors (Lipinski definition) is 2. The summed E-state index contributed by atoms with van der Waals surface area (Å²) in [5, 5.41) is 1.10. The molecule has 0 saturated carbocycles. The third-order valence-corrected chi connectivity index (χ3v) is 2.98. The molecule has 17 heavy (non-hydrogen) atoms. The van der Waals surface area contributed by atoms with E-state index in [1.165, 1.54) is 0 Å². The second-order valence-corrected chi connectivity index (χ2v) is 4.70. The van der Waals surface area contributed by atoms with Crippen LogP contribution in [0.15, 0.2) is 18.2 Å². The molecule has 4 heteroatoms. The molecule has 0 N–H and O–H groups in total. The molecule has 0 aromatic heterocycles. The number of unbranched alkanes of at least 4 members (excludes halogenated alkanes) is 2. The van der Waals surface area contributed by atoms with Crippen molar-refractivity contribution in [2.75, 3.05) is 0 Å². The van der Waals surface area contributed by atoms with Crippen molar-refractivity contribution in [2.24, 2.45) is 0 Å². The average Bonchev–Trinajstić information content (AvgIpc) is 2.28. The number of benzene rings is 1. The lowest BCUT2D eigenvalue weighted by atomic mass is 10.2. The number of carbonyl (C=O) groups excluding carboxylic acids is 1. The van der Waals surface area contributed by atoms with E-state index < -0.39 is 0 Å². The summed E-state index contributed by atoms with van der Waals surface area (Å²) in [6.07, 6.45) is 3.50. The fourth-order valence-electron chi connectivity index (χ4n) is 1.39. The number of carbonyl (C=O) groups is 1. The summed E-state index contributed by atoms with van der Waals surface area (Å²) < 4.78 is 5.13. The molecular formula is C13H16Cl2O2. The van der Waals surface area contributed by atoms with E-state index in [1.807, 2.05) is 0 Å². The SMILES string of the molecule is CCCCCC(=O)OCc1ccc(Cl)cc1Cl. The van der Waals surface area contributed by atoms with Gasteiger partial charge in [-0.1, -0.05) is 49.0 Å². The molecule has 0 aliphatic rings. The third kappa shape index (κ3) is 5.42. The molecule has 94 valence electrons. The maximum atomic E-state index is 11.4. The molecule has 0 aliphatic heterocycles. The molecule has 1 aromatic carbocycles. The van der Waals surface area contributed by atoms with E-state index in [0.29, 0.717) is 16.5 Å². The van der Waals surface area contributed by atoms with Gasteiger partial charge in [0, 0.05) is 22.0 Å². The molecule has 2 nitrogen and oxygen atoms in total. The van der Waals surface area contributed by atoms with Gasteiger partial charge in [0.15, 0.2) is 0 Å². The number of esters is 1. The Morgan fingerprint density at radius 3 is 2.71 bits per heavy atom.